The SMILES string of the molecule is COC(=O)CNc1nc(C(F)(F)F)nc2c1nnn2C[C@H]1CCCO1. The van der Waals surface area contributed by atoms with E-state index in [1.165, 1.54) is 11.8 Å². The van der Waals surface area contributed by atoms with Crippen molar-refractivity contribution in [3.63, 3.8) is 0 Å². The summed E-state index contributed by atoms with van der Waals surface area (Å²) in [6, 6.07) is 0. The molecule has 1 aliphatic heterocycles. The first-order valence-electron chi connectivity index (χ1n) is 7.49. The Morgan fingerprint density at radius 3 is 2.88 bits per heavy atom. The maximum atomic E-state index is 13.1. The summed E-state index contributed by atoms with van der Waals surface area (Å²) < 4.78 is 50.4. The van der Waals surface area contributed by atoms with E-state index in [-0.39, 0.29) is 36.2 Å². The van der Waals surface area contributed by atoms with Gasteiger partial charge in [0, 0.05) is 6.61 Å². The van der Waals surface area contributed by atoms with E-state index in [4.69, 9.17) is 4.74 Å². The quantitative estimate of drug-likeness (QED) is 0.788. The monoisotopic (exact) mass is 360 g/mol. The van der Waals surface area contributed by atoms with Crippen LogP contribution in [0.5, 0.6) is 0 Å². The van der Waals surface area contributed by atoms with Crippen molar-refractivity contribution in [1.29, 1.82) is 0 Å². The number of rotatable bonds is 5. The van der Waals surface area contributed by atoms with Gasteiger partial charge in [-0.05, 0) is 12.8 Å². The first kappa shape index (κ1) is 17.3. The first-order chi connectivity index (χ1) is 11.9. The molecule has 9 nitrogen and oxygen atoms in total. The lowest BCUT2D eigenvalue weighted by Gasteiger charge is -2.11. The largest absolute Gasteiger partial charge is 0.468 e. The molecular weight excluding hydrogens is 345 g/mol. The summed E-state index contributed by atoms with van der Waals surface area (Å²) in [4.78, 5) is 18.2. The van der Waals surface area contributed by atoms with E-state index < -0.39 is 18.0 Å². The fraction of sp³-hybridized carbons (Fsp3) is 0.615. The molecule has 0 aliphatic carbocycles. The van der Waals surface area contributed by atoms with E-state index in [0.717, 1.165) is 12.8 Å². The Labute approximate surface area is 139 Å². The molecule has 1 aliphatic rings. The van der Waals surface area contributed by atoms with Crippen molar-refractivity contribution in [3.8, 4) is 0 Å². The summed E-state index contributed by atoms with van der Waals surface area (Å²) >= 11 is 0. The number of carbonyl (C=O) groups excluding carboxylic acids is 1. The third-order valence-corrected chi connectivity index (χ3v) is 3.64. The maximum absolute atomic E-state index is 13.1. The van der Waals surface area contributed by atoms with Crippen LogP contribution in [0.1, 0.15) is 18.7 Å². The number of fused-ring (bicyclic) bond motifs is 1. The van der Waals surface area contributed by atoms with Crippen molar-refractivity contribution in [1.82, 2.24) is 25.0 Å². The van der Waals surface area contributed by atoms with Crippen molar-refractivity contribution in [2.75, 3.05) is 25.6 Å². The van der Waals surface area contributed by atoms with E-state index in [1.54, 1.807) is 0 Å². The molecule has 0 aromatic carbocycles. The second-order valence-corrected chi connectivity index (χ2v) is 5.40. The van der Waals surface area contributed by atoms with Crippen LogP contribution in [0.15, 0.2) is 0 Å². The predicted octanol–water partition coefficient (Wildman–Crippen LogP) is 1.00. The summed E-state index contributed by atoms with van der Waals surface area (Å²) in [6.45, 7) is 0.478. The van der Waals surface area contributed by atoms with E-state index >= 15 is 0 Å². The molecule has 1 saturated heterocycles. The van der Waals surface area contributed by atoms with Gasteiger partial charge in [0.25, 0.3) is 0 Å². The zero-order valence-electron chi connectivity index (χ0n) is 13.2. The molecule has 0 saturated carbocycles. The minimum absolute atomic E-state index is 0.0369. The molecule has 1 N–H and O–H groups in total. The van der Waals surface area contributed by atoms with Gasteiger partial charge in [0.05, 0.1) is 19.8 Å². The van der Waals surface area contributed by atoms with Crippen molar-refractivity contribution < 1.29 is 27.4 Å². The molecule has 3 rings (SSSR count). The van der Waals surface area contributed by atoms with E-state index in [0.29, 0.717) is 6.61 Å². The molecule has 136 valence electrons. The number of anilines is 1. The van der Waals surface area contributed by atoms with Crippen LogP contribution in [0.3, 0.4) is 0 Å². The van der Waals surface area contributed by atoms with E-state index in [1.807, 2.05) is 0 Å². The Bertz CT molecular complexity index is 772. The number of carbonyl (C=O) groups is 1. The predicted molar refractivity (Wildman–Crippen MR) is 77.6 cm³/mol. The average Bonchev–Trinajstić information content (AvgIpc) is 3.22. The highest BCUT2D eigenvalue weighted by Gasteiger charge is 2.36. The third kappa shape index (κ3) is 3.78. The first-order valence-corrected chi connectivity index (χ1v) is 7.49. The smallest absolute Gasteiger partial charge is 0.451 e. The molecule has 25 heavy (non-hydrogen) atoms. The average molecular weight is 360 g/mol. The molecule has 0 amide bonds. The van der Waals surface area contributed by atoms with Gasteiger partial charge < -0.3 is 14.8 Å². The van der Waals surface area contributed by atoms with Crippen LogP contribution in [-0.4, -0.2) is 57.3 Å². The van der Waals surface area contributed by atoms with E-state index in [2.05, 4.69) is 30.3 Å². The number of halogens is 3. The molecule has 2 aromatic heterocycles. The number of methoxy groups -OCH3 is 1. The zero-order chi connectivity index (χ0) is 18.0. The molecule has 2 aromatic rings. The van der Waals surface area contributed by atoms with Gasteiger partial charge in [0.2, 0.25) is 5.82 Å². The fourth-order valence-corrected chi connectivity index (χ4v) is 2.44. The number of alkyl halides is 3. The van der Waals surface area contributed by atoms with Crippen LogP contribution >= 0.6 is 0 Å². The molecule has 0 bridgehead atoms. The second-order valence-electron chi connectivity index (χ2n) is 5.40. The number of hydrogen-bond acceptors (Lipinski definition) is 8. The van der Waals surface area contributed by atoms with Crippen molar-refractivity contribution in [3.05, 3.63) is 5.82 Å². The highest BCUT2D eigenvalue weighted by Crippen LogP contribution is 2.29. The van der Waals surface area contributed by atoms with Gasteiger partial charge >= 0.3 is 12.1 Å². The van der Waals surface area contributed by atoms with Crippen molar-refractivity contribution in [2.45, 2.75) is 31.7 Å². The van der Waals surface area contributed by atoms with Gasteiger partial charge in [0.1, 0.15) is 6.54 Å². The molecule has 1 fully saturated rings. The Morgan fingerprint density at radius 2 is 2.24 bits per heavy atom. The number of nitrogens with one attached hydrogen (secondary N) is 1. The van der Waals surface area contributed by atoms with Crippen LogP contribution < -0.4 is 5.32 Å². The summed E-state index contributed by atoms with van der Waals surface area (Å²) in [7, 11) is 1.17. The van der Waals surface area contributed by atoms with Crippen LogP contribution in [0.25, 0.3) is 11.2 Å². The third-order valence-electron chi connectivity index (χ3n) is 3.64. The van der Waals surface area contributed by atoms with Gasteiger partial charge in [-0.1, -0.05) is 5.21 Å². The summed E-state index contributed by atoms with van der Waals surface area (Å²) in [5.74, 6) is -2.24. The molecule has 12 heteroatoms. The minimum atomic E-state index is -4.76. The minimum Gasteiger partial charge on any atom is -0.468 e. The zero-order valence-corrected chi connectivity index (χ0v) is 13.2. The number of aromatic nitrogens is 5. The maximum Gasteiger partial charge on any atom is 0.451 e. The fourth-order valence-electron chi connectivity index (χ4n) is 2.44. The van der Waals surface area contributed by atoms with Crippen LogP contribution in [0.4, 0.5) is 19.0 Å². The molecule has 1 atom stereocenters. The topological polar surface area (TPSA) is 104 Å². The summed E-state index contributed by atoms with van der Waals surface area (Å²) in [6.07, 6.45) is -3.24. The normalized spacial score (nSPS) is 17.8. The highest BCUT2D eigenvalue weighted by molar-refractivity contribution is 5.84. The second kappa shape index (κ2) is 6.78. The van der Waals surface area contributed by atoms with Crippen LogP contribution in [0, 0.1) is 0 Å². The van der Waals surface area contributed by atoms with Gasteiger partial charge in [-0.3, -0.25) is 4.79 Å². The lowest BCUT2D eigenvalue weighted by Crippen LogP contribution is -2.20. The number of esters is 1. The van der Waals surface area contributed by atoms with Gasteiger partial charge in [-0.15, -0.1) is 5.10 Å². The number of ether oxygens (including phenoxy) is 2. The van der Waals surface area contributed by atoms with Crippen molar-refractivity contribution >= 4 is 23.0 Å². The Kier molecular flexibility index (Phi) is 4.70. The van der Waals surface area contributed by atoms with Crippen LogP contribution in [-0.2, 0) is 27.0 Å². The Morgan fingerprint density at radius 1 is 1.44 bits per heavy atom. The molecule has 0 radical (unpaired) electrons. The van der Waals surface area contributed by atoms with Gasteiger partial charge in [-0.25, -0.2) is 14.6 Å². The highest BCUT2D eigenvalue weighted by atomic mass is 19.4. The number of nitrogens with zero attached hydrogens (tertiary/aromatic N) is 5. The summed E-state index contributed by atoms with van der Waals surface area (Å²) in [5, 5.41) is 10.2. The Hall–Kier alpha value is -2.50. The molecule has 0 spiro atoms. The Balaban J connectivity index is 1.98. The standard InChI is InChI=1S/C13H15F3N6O3/c1-24-8(23)5-17-10-9-11(19-12(18-10)13(14,15)16)22(21-20-9)6-7-3-2-4-25-7/h7H,2-6H2,1H3,(H,17,18,19)/t7-/m1/s1. The molecular formula is C13H15F3N6O3. The summed E-state index contributed by atoms with van der Waals surface area (Å²) in [5.41, 5.74) is -0.0416. The van der Waals surface area contributed by atoms with Crippen LogP contribution in [0.2, 0.25) is 0 Å². The lowest BCUT2D eigenvalue weighted by atomic mass is 10.2. The van der Waals surface area contributed by atoms with Gasteiger partial charge in [-0.2, -0.15) is 13.2 Å². The van der Waals surface area contributed by atoms with Gasteiger partial charge in [0.15, 0.2) is 17.0 Å². The molecule has 0 unspecified atom stereocenters. The van der Waals surface area contributed by atoms with E-state index in [9.17, 15) is 18.0 Å². The lowest BCUT2D eigenvalue weighted by molar-refractivity contribution is -0.144. The molecule has 3 heterocycles. The number of hydrogen-bond donors (Lipinski definition) is 1. The van der Waals surface area contributed by atoms with Crippen molar-refractivity contribution in [2.24, 2.45) is 0 Å².